The van der Waals surface area contributed by atoms with Crippen molar-refractivity contribution in [2.75, 3.05) is 6.61 Å². The van der Waals surface area contributed by atoms with E-state index in [1.165, 1.54) is 5.56 Å². The Morgan fingerprint density at radius 3 is 1.78 bits per heavy atom. The summed E-state index contributed by atoms with van der Waals surface area (Å²) < 4.78 is 13.3. The van der Waals surface area contributed by atoms with Crippen LogP contribution in [0.4, 0.5) is 0 Å². The van der Waals surface area contributed by atoms with Crippen LogP contribution in [0.25, 0.3) is 6.08 Å². The molecule has 0 radical (unpaired) electrons. The summed E-state index contributed by atoms with van der Waals surface area (Å²) >= 11 is 0. The van der Waals surface area contributed by atoms with Crippen molar-refractivity contribution in [3.8, 4) is 0 Å². The van der Waals surface area contributed by atoms with E-state index in [0.29, 0.717) is 0 Å². The maximum atomic E-state index is 6.81. The van der Waals surface area contributed by atoms with Crippen molar-refractivity contribution in [3.63, 3.8) is 0 Å². The van der Waals surface area contributed by atoms with Gasteiger partial charge in [0.05, 0.1) is 6.10 Å². The van der Waals surface area contributed by atoms with Gasteiger partial charge in [-0.1, -0.05) is 78.5 Å². The minimum atomic E-state index is -1.87. The van der Waals surface area contributed by atoms with E-state index >= 15 is 0 Å². The van der Waals surface area contributed by atoms with Crippen molar-refractivity contribution < 1.29 is 8.85 Å². The molecule has 0 saturated heterocycles. The fourth-order valence-electron chi connectivity index (χ4n) is 2.31. The molecule has 0 fully saturated rings. The monoisotopic (exact) mass is 406 g/mol. The van der Waals surface area contributed by atoms with Gasteiger partial charge in [0, 0.05) is 6.61 Å². The molecule has 0 spiro atoms. The van der Waals surface area contributed by atoms with E-state index < -0.39 is 16.6 Å². The molecule has 0 aliphatic carbocycles. The Labute approximate surface area is 170 Å². The van der Waals surface area contributed by atoms with E-state index in [1.807, 2.05) is 6.08 Å². The van der Waals surface area contributed by atoms with Crippen molar-refractivity contribution in [2.24, 2.45) is 0 Å². The van der Waals surface area contributed by atoms with Crippen LogP contribution >= 0.6 is 0 Å². The minimum Gasteiger partial charge on any atom is -0.417 e. The highest BCUT2D eigenvalue weighted by Crippen LogP contribution is 2.41. The van der Waals surface area contributed by atoms with Crippen molar-refractivity contribution >= 4 is 22.7 Å². The van der Waals surface area contributed by atoms with Gasteiger partial charge in [-0.05, 0) is 53.8 Å². The molecule has 4 heteroatoms. The van der Waals surface area contributed by atoms with Crippen LogP contribution in [0.15, 0.2) is 30.8 Å². The summed E-state index contributed by atoms with van der Waals surface area (Å²) in [6, 6.07) is 8.61. The summed E-state index contributed by atoms with van der Waals surface area (Å²) in [5.41, 5.74) is 2.38. The Bertz CT molecular complexity index is 605. The first-order valence-corrected chi connectivity index (χ1v) is 16.0. The van der Waals surface area contributed by atoms with Gasteiger partial charge in [0.2, 0.25) is 0 Å². The Morgan fingerprint density at radius 1 is 0.889 bits per heavy atom. The van der Waals surface area contributed by atoms with Gasteiger partial charge in [-0.25, -0.2) is 0 Å². The standard InChI is InChI=1S/C23H42O2Si2/c1-12-19-13-15-20(16-14-19)21(25-27(10,11)23(5,6)7)17-18-24-26(8,9)22(2,3)4/h12-16,21H,1,17-18H2,2-11H3. The van der Waals surface area contributed by atoms with Crippen LogP contribution in [0.3, 0.4) is 0 Å². The third-order valence-electron chi connectivity index (χ3n) is 6.44. The topological polar surface area (TPSA) is 18.5 Å². The molecule has 1 aromatic rings. The largest absolute Gasteiger partial charge is 0.417 e. The van der Waals surface area contributed by atoms with Crippen molar-refractivity contribution in [3.05, 3.63) is 42.0 Å². The molecule has 154 valence electrons. The number of rotatable bonds is 8. The van der Waals surface area contributed by atoms with E-state index in [-0.39, 0.29) is 16.2 Å². The van der Waals surface area contributed by atoms with E-state index in [4.69, 9.17) is 8.85 Å². The number of hydrogen-bond acceptors (Lipinski definition) is 2. The highest BCUT2D eigenvalue weighted by molar-refractivity contribution is 6.74. The Hall–Kier alpha value is -0.686. The summed E-state index contributed by atoms with van der Waals surface area (Å²) in [6.45, 7) is 27.6. The second-order valence-corrected chi connectivity index (χ2v) is 20.2. The second-order valence-electron chi connectivity index (χ2n) is 10.6. The normalized spacial score (nSPS) is 14.9. The van der Waals surface area contributed by atoms with Crippen LogP contribution in [0.2, 0.25) is 36.3 Å². The lowest BCUT2D eigenvalue weighted by Gasteiger charge is -2.40. The van der Waals surface area contributed by atoms with E-state index in [1.54, 1.807) is 0 Å². The van der Waals surface area contributed by atoms with Gasteiger partial charge in [-0.3, -0.25) is 0 Å². The summed E-state index contributed by atoms with van der Waals surface area (Å²) in [5.74, 6) is 0. The van der Waals surface area contributed by atoms with Gasteiger partial charge in [-0.2, -0.15) is 0 Å². The van der Waals surface area contributed by atoms with Gasteiger partial charge in [-0.15, -0.1) is 0 Å². The maximum absolute atomic E-state index is 6.81. The first-order valence-electron chi connectivity index (χ1n) is 10.1. The zero-order valence-corrected chi connectivity index (χ0v) is 21.4. The molecular weight excluding hydrogens is 364 g/mol. The van der Waals surface area contributed by atoms with Crippen LogP contribution in [0.5, 0.6) is 0 Å². The molecule has 1 atom stereocenters. The van der Waals surface area contributed by atoms with E-state index in [9.17, 15) is 0 Å². The second kappa shape index (κ2) is 8.77. The maximum Gasteiger partial charge on any atom is 0.192 e. The van der Waals surface area contributed by atoms with Gasteiger partial charge >= 0.3 is 0 Å². The van der Waals surface area contributed by atoms with Crippen LogP contribution in [0, 0.1) is 0 Å². The molecule has 0 N–H and O–H groups in total. The molecule has 0 aromatic heterocycles. The zero-order chi connectivity index (χ0) is 21.1. The molecule has 0 amide bonds. The SMILES string of the molecule is C=Cc1ccc(C(CCO[Si](C)(C)C(C)(C)C)O[Si](C)(C)C(C)(C)C)cc1. The predicted molar refractivity (Wildman–Crippen MR) is 125 cm³/mol. The predicted octanol–water partition coefficient (Wildman–Crippen LogP) is 7.80. The average molecular weight is 407 g/mol. The lowest BCUT2D eigenvalue weighted by atomic mass is 10.1. The molecule has 27 heavy (non-hydrogen) atoms. The molecule has 0 heterocycles. The molecule has 1 unspecified atom stereocenters. The first-order chi connectivity index (χ1) is 12.1. The molecule has 0 aliphatic heterocycles. The van der Waals surface area contributed by atoms with Gasteiger partial charge in [0.15, 0.2) is 16.6 Å². The van der Waals surface area contributed by atoms with Crippen molar-refractivity contribution in [1.29, 1.82) is 0 Å². The molecule has 1 aromatic carbocycles. The Kier molecular flexibility index (Phi) is 7.91. The minimum absolute atomic E-state index is 0.0783. The Balaban J connectivity index is 2.99. The van der Waals surface area contributed by atoms with Crippen molar-refractivity contribution in [2.45, 2.75) is 90.3 Å². The fourth-order valence-corrected chi connectivity index (χ4v) is 4.69. The first kappa shape index (κ1) is 24.4. The van der Waals surface area contributed by atoms with Crippen LogP contribution in [-0.2, 0) is 8.85 Å². The molecule has 0 aliphatic rings. The fraction of sp³-hybridized carbons (Fsp3) is 0.652. The van der Waals surface area contributed by atoms with Gasteiger partial charge in [0.25, 0.3) is 0 Å². The lowest BCUT2D eigenvalue weighted by molar-refractivity contribution is 0.143. The quantitative estimate of drug-likeness (QED) is 0.410. The third-order valence-corrected chi connectivity index (χ3v) is 15.5. The van der Waals surface area contributed by atoms with Gasteiger partial charge in [0.1, 0.15) is 0 Å². The lowest BCUT2D eigenvalue weighted by Crippen LogP contribution is -2.43. The summed E-state index contributed by atoms with van der Waals surface area (Å²) in [4.78, 5) is 0. The molecule has 2 nitrogen and oxygen atoms in total. The Morgan fingerprint density at radius 2 is 1.37 bits per heavy atom. The summed E-state index contributed by atoms with van der Waals surface area (Å²) in [6.07, 6.45) is 2.86. The highest BCUT2D eigenvalue weighted by atomic mass is 28.4. The summed E-state index contributed by atoms with van der Waals surface area (Å²) in [5, 5.41) is 0.418. The highest BCUT2D eigenvalue weighted by Gasteiger charge is 2.40. The number of hydrogen-bond donors (Lipinski definition) is 0. The van der Waals surface area contributed by atoms with Crippen LogP contribution in [0.1, 0.15) is 65.2 Å². The van der Waals surface area contributed by atoms with Crippen LogP contribution < -0.4 is 0 Å². The summed E-state index contributed by atoms with van der Waals surface area (Å²) in [7, 11) is -3.61. The third kappa shape index (κ3) is 6.70. The van der Waals surface area contributed by atoms with E-state index in [2.05, 4.69) is 98.6 Å². The van der Waals surface area contributed by atoms with Gasteiger partial charge < -0.3 is 8.85 Å². The molecule has 0 saturated carbocycles. The molecule has 1 rings (SSSR count). The van der Waals surface area contributed by atoms with Crippen LogP contribution in [-0.4, -0.2) is 23.2 Å². The smallest absolute Gasteiger partial charge is 0.192 e. The average Bonchev–Trinajstić information content (AvgIpc) is 2.51. The van der Waals surface area contributed by atoms with E-state index in [0.717, 1.165) is 18.6 Å². The number of benzene rings is 1. The zero-order valence-electron chi connectivity index (χ0n) is 19.4. The molecule has 0 bridgehead atoms. The van der Waals surface area contributed by atoms with Crippen molar-refractivity contribution in [1.82, 2.24) is 0 Å². The molecular formula is C23H42O2Si2.